The molecule has 1 amide bonds. The van der Waals surface area contributed by atoms with Crippen molar-refractivity contribution in [1.82, 2.24) is 25.0 Å². The minimum Gasteiger partial charge on any atom is -0.398 e. The van der Waals surface area contributed by atoms with Crippen molar-refractivity contribution >= 4 is 23.2 Å². The molecule has 166 valence electrons. The van der Waals surface area contributed by atoms with Crippen molar-refractivity contribution in [2.75, 3.05) is 11.1 Å². The largest absolute Gasteiger partial charge is 0.398 e. The zero-order chi connectivity index (χ0) is 22.8. The second-order valence-corrected chi connectivity index (χ2v) is 8.12. The van der Waals surface area contributed by atoms with Crippen molar-refractivity contribution in [2.24, 2.45) is 5.73 Å². The maximum Gasteiger partial charge on any atom is 0.249 e. The van der Waals surface area contributed by atoms with Crippen LogP contribution in [-0.2, 0) is 0 Å². The van der Waals surface area contributed by atoms with Gasteiger partial charge in [0.25, 0.3) is 0 Å². The van der Waals surface area contributed by atoms with Crippen LogP contribution in [0.1, 0.15) is 42.1 Å². The molecule has 1 aliphatic rings. The number of primary amides is 1. The molecule has 2 heterocycles. The van der Waals surface area contributed by atoms with Crippen LogP contribution in [0, 0.1) is 0 Å². The van der Waals surface area contributed by atoms with E-state index in [1.165, 1.54) is 12.8 Å². The highest BCUT2D eigenvalue weighted by Crippen LogP contribution is 2.32. The molecule has 33 heavy (non-hydrogen) atoms. The predicted molar refractivity (Wildman–Crippen MR) is 127 cm³/mol. The number of nitrogens with zero attached hydrogens (tertiary/aromatic N) is 5. The van der Waals surface area contributed by atoms with E-state index in [2.05, 4.69) is 25.6 Å². The third kappa shape index (κ3) is 4.25. The molecule has 5 N–H and O–H groups in total. The normalized spacial score (nSPS) is 13.8. The fraction of sp³-hybridized carbons (Fsp3) is 0.208. The molecule has 0 bridgehead atoms. The molecule has 2 aromatic heterocycles. The zero-order valence-corrected chi connectivity index (χ0v) is 18.0. The molecule has 0 atom stereocenters. The van der Waals surface area contributed by atoms with Gasteiger partial charge >= 0.3 is 0 Å². The summed E-state index contributed by atoms with van der Waals surface area (Å²) >= 11 is 0. The number of carbonyl (C=O) groups is 1. The summed E-state index contributed by atoms with van der Waals surface area (Å²) < 4.78 is 1.94. The maximum absolute atomic E-state index is 12.0. The van der Waals surface area contributed by atoms with Gasteiger partial charge in [0.05, 0.1) is 17.9 Å². The lowest BCUT2D eigenvalue weighted by molar-refractivity contribution is 0.100. The number of aromatic nitrogens is 5. The highest BCUT2D eigenvalue weighted by molar-refractivity contribution is 6.02. The van der Waals surface area contributed by atoms with E-state index in [1.807, 2.05) is 35.1 Å². The van der Waals surface area contributed by atoms with Crippen molar-refractivity contribution in [3.05, 3.63) is 66.5 Å². The Kier molecular flexibility index (Phi) is 5.43. The first-order valence-corrected chi connectivity index (χ1v) is 10.9. The molecule has 1 aliphatic carbocycles. The van der Waals surface area contributed by atoms with E-state index in [0.29, 0.717) is 45.9 Å². The first kappa shape index (κ1) is 20.6. The van der Waals surface area contributed by atoms with Crippen molar-refractivity contribution in [3.8, 4) is 22.5 Å². The highest BCUT2D eigenvalue weighted by Gasteiger charge is 2.19. The van der Waals surface area contributed by atoms with E-state index in [0.717, 1.165) is 18.4 Å². The second-order valence-electron chi connectivity index (χ2n) is 8.12. The molecule has 1 saturated carbocycles. The number of amides is 1. The molecule has 4 aromatic rings. The van der Waals surface area contributed by atoms with Crippen LogP contribution in [0.2, 0.25) is 0 Å². The van der Waals surface area contributed by atoms with Gasteiger partial charge in [-0.25, -0.2) is 14.6 Å². The molecule has 0 unspecified atom stereocenters. The third-order valence-electron chi connectivity index (χ3n) is 5.92. The van der Waals surface area contributed by atoms with Gasteiger partial charge in [-0.3, -0.25) is 4.79 Å². The molecule has 0 aliphatic heterocycles. The van der Waals surface area contributed by atoms with Crippen LogP contribution in [-0.4, -0.2) is 30.9 Å². The Morgan fingerprint density at radius 3 is 2.64 bits per heavy atom. The van der Waals surface area contributed by atoms with Gasteiger partial charge in [-0.1, -0.05) is 36.3 Å². The molecule has 9 nitrogen and oxygen atoms in total. The Morgan fingerprint density at radius 1 is 1.03 bits per heavy atom. The summed E-state index contributed by atoms with van der Waals surface area (Å²) in [7, 11) is 0. The van der Waals surface area contributed by atoms with E-state index in [4.69, 9.17) is 11.5 Å². The number of hydrogen-bond acceptors (Lipinski definition) is 7. The summed E-state index contributed by atoms with van der Waals surface area (Å²) in [5.41, 5.74) is 16.1. The summed E-state index contributed by atoms with van der Waals surface area (Å²) in [6, 6.07) is 14.8. The van der Waals surface area contributed by atoms with Gasteiger partial charge in [0.1, 0.15) is 5.69 Å². The summed E-state index contributed by atoms with van der Waals surface area (Å²) in [6.45, 7) is 0. The molecule has 9 heteroatoms. The number of anilines is 3. The van der Waals surface area contributed by atoms with Crippen molar-refractivity contribution in [2.45, 2.75) is 31.7 Å². The van der Waals surface area contributed by atoms with E-state index >= 15 is 0 Å². The van der Waals surface area contributed by atoms with Gasteiger partial charge in [0, 0.05) is 28.7 Å². The highest BCUT2D eigenvalue weighted by atomic mass is 16.1. The molecule has 2 aromatic carbocycles. The van der Waals surface area contributed by atoms with Crippen LogP contribution in [0.25, 0.3) is 22.5 Å². The average Bonchev–Trinajstić information content (AvgIpc) is 3.52. The summed E-state index contributed by atoms with van der Waals surface area (Å²) in [5, 5.41) is 11.8. The lowest BCUT2D eigenvalue weighted by atomic mass is 9.97. The van der Waals surface area contributed by atoms with Crippen LogP contribution >= 0.6 is 0 Å². The fourth-order valence-corrected chi connectivity index (χ4v) is 4.23. The summed E-state index contributed by atoms with van der Waals surface area (Å²) in [5.74, 6) is -0.120. The van der Waals surface area contributed by atoms with Gasteiger partial charge in [-0.2, -0.15) is 0 Å². The zero-order valence-electron chi connectivity index (χ0n) is 18.0. The van der Waals surface area contributed by atoms with Gasteiger partial charge < -0.3 is 16.8 Å². The summed E-state index contributed by atoms with van der Waals surface area (Å²) in [6.07, 6.45) is 8.34. The number of rotatable bonds is 6. The van der Waals surface area contributed by atoms with Gasteiger partial charge in [-0.05, 0) is 48.7 Å². The molecule has 0 radical (unpaired) electrons. The molecular weight excluding hydrogens is 416 g/mol. The molecule has 0 spiro atoms. The Bertz CT molecular complexity index is 1310. The SMILES string of the molecule is NC(=O)c1ccc(Nc2nccc(-c3cn(C4CCCC4)nn3)n2)cc1-c1ccccc1N. The minimum atomic E-state index is -0.525. The van der Waals surface area contributed by atoms with Gasteiger partial charge in [-0.15, -0.1) is 5.10 Å². The summed E-state index contributed by atoms with van der Waals surface area (Å²) in [4.78, 5) is 20.9. The lowest BCUT2D eigenvalue weighted by Crippen LogP contribution is -2.13. The topological polar surface area (TPSA) is 138 Å². The van der Waals surface area contributed by atoms with Gasteiger partial charge in [0.15, 0.2) is 0 Å². The number of nitrogens with one attached hydrogen (secondary N) is 1. The number of para-hydroxylation sites is 1. The predicted octanol–water partition coefficient (Wildman–Crippen LogP) is 3.94. The first-order valence-electron chi connectivity index (χ1n) is 10.9. The van der Waals surface area contributed by atoms with E-state index in [9.17, 15) is 4.79 Å². The third-order valence-corrected chi connectivity index (χ3v) is 5.92. The molecular formula is C24H24N8O. The number of benzene rings is 2. The standard InChI is InChI=1S/C24H24N8O/c25-20-8-4-3-7-17(20)19-13-15(9-10-18(19)23(26)33)28-24-27-12-11-21(29-24)22-14-32(31-30-22)16-5-1-2-6-16/h3-4,7-14,16H,1-2,5-6,25H2,(H2,26,33)(H,27,28,29). The first-order chi connectivity index (χ1) is 16.1. The van der Waals surface area contributed by atoms with Crippen LogP contribution in [0.4, 0.5) is 17.3 Å². The van der Waals surface area contributed by atoms with Crippen LogP contribution in [0.3, 0.4) is 0 Å². The molecule has 0 saturated heterocycles. The van der Waals surface area contributed by atoms with Crippen molar-refractivity contribution in [3.63, 3.8) is 0 Å². The Balaban J connectivity index is 1.43. The Morgan fingerprint density at radius 2 is 1.85 bits per heavy atom. The van der Waals surface area contributed by atoms with Crippen LogP contribution in [0.5, 0.6) is 0 Å². The smallest absolute Gasteiger partial charge is 0.249 e. The quantitative estimate of drug-likeness (QED) is 0.386. The van der Waals surface area contributed by atoms with Crippen molar-refractivity contribution in [1.29, 1.82) is 0 Å². The lowest BCUT2D eigenvalue weighted by Gasteiger charge is -2.13. The fourth-order valence-electron chi connectivity index (χ4n) is 4.23. The molecule has 1 fully saturated rings. The Hall–Kier alpha value is -4.27. The number of nitrogens with two attached hydrogens (primary N) is 2. The Labute approximate surface area is 190 Å². The van der Waals surface area contributed by atoms with E-state index < -0.39 is 5.91 Å². The average molecular weight is 441 g/mol. The number of hydrogen-bond donors (Lipinski definition) is 3. The second kappa shape index (κ2) is 8.70. The van der Waals surface area contributed by atoms with Gasteiger partial charge in [0.2, 0.25) is 11.9 Å². The monoisotopic (exact) mass is 440 g/mol. The van der Waals surface area contributed by atoms with Crippen LogP contribution in [0.15, 0.2) is 60.9 Å². The minimum absolute atomic E-state index is 0.386. The maximum atomic E-state index is 12.0. The number of nitrogen functional groups attached to an aromatic ring is 1. The van der Waals surface area contributed by atoms with Crippen molar-refractivity contribution < 1.29 is 4.79 Å². The van der Waals surface area contributed by atoms with Crippen LogP contribution < -0.4 is 16.8 Å². The van der Waals surface area contributed by atoms with E-state index in [-0.39, 0.29) is 0 Å². The molecule has 5 rings (SSSR count). The van der Waals surface area contributed by atoms with E-state index in [1.54, 1.807) is 30.5 Å². The number of carbonyl (C=O) groups excluding carboxylic acids is 1.